The normalized spacial score (nSPS) is 17.3. The summed E-state index contributed by atoms with van der Waals surface area (Å²) in [5.41, 5.74) is 6.51. The summed E-state index contributed by atoms with van der Waals surface area (Å²) in [6.07, 6.45) is 0.888. The fourth-order valence-corrected chi connectivity index (χ4v) is 3.92. The molecule has 9 heteroatoms. The Morgan fingerprint density at radius 3 is 1.66 bits per heavy atom. The van der Waals surface area contributed by atoms with Gasteiger partial charge in [-0.3, -0.25) is 24.4 Å². The first-order valence-corrected chi connectivity index (χ1v) is 12.6. The number of hydrogen-bond acceptors (Lipinski definition) is 9. The van der Waals surface area contributed by atoms with Crippen LogP contribution in [-0.4, -0.2) is 95.2 Å². The standard InChI is InChI=1S/C26H45N5O4/c1-25(2,3)34-23(32)19-30-15-13-29(12-8-11-27)14-16-31(20-24(33)35-26(4,5)6)18-22-10-7-9-21(17-30)28-22/h7,9-10H,8,11-20,27H2,1-6H3. The second-order valence-electron chi connectivity index (χ2n) is 11.2. The third-order valence-corrected chi connectivity index (χ3v) is 5.32. The highest BCUT2D eigenvalue weighted by Gasteiger charge is 2.23. The Balaban J connectivity index is 2.21. The summed E-state index contributed by atoms with van der Waals surface area (Å²) >= 11 is 0. The van der Waals surface area contributed by atoms with E-state index in [0.717, 1.165) is 37.4 Å². The van der Waals surface area contributed by atoms with Gasteiger partial charge in [0.25, 0.3) is 0 Å². The summed E-state index contributed by atoms with van der Waals surface area (Å²) in [7, 11) is 0. The van der Waals surface area contributed by atoms with E-state index in [0.29, 0.717) is 32.7 Å². The molecule has 198 valence electrons. The van der Waals surface area contributed by atoms with Crippen LogP contribution in [0.4, 0.5) is 0 Å². The molecule has 0 unspecified atom stereocenters. The summed E-state index contributed by atoms with van der Waals surface area (Å²) < 4.78 is 11.1. The maximum absolute atomic E-state index is 12.6. The minimum atomic E-state index is -0.521. The molecule has 1 aromatic heterocycles. The lowest BCUT2D eigenvalue weighted by Crippen LogP contribution is -2.44. The number of pyridine rings is 1. The van der Waals surface area contributed by atoms with Crippen LogP contribution in [0.25, 0.3) is 0 Å². The van der Waals surface area contributed by atoms with Gasteiger partial charge in [-0.2, -0.15) is 0 Å². The molecule has 2 heterocycles. The van der Waals surface area contributed by atoms with Gasteiger partial charge in [0, 0.05) is 39.3 Å². The zero-order valence-corrected chi connectivity index (χ0v) is 22.5. The SMILES string of the molecule is CC(C)(C)OC(=O)CN1CCN(CCCN)CCN(CC(=O)OC(C)(C)C)Cc2cccc(n2)C1. The van der Waals surface area contributed by atoms with Crippen molar-refractivity contribution >= 4 is 11.9 Å². The lowest BCUT2D eigenvalue weighted by atomic mass is 10.2. The number of aromatic nitrogens is 1. The van der Waals surface area contributed by atoms with Crippen molar-refractivity contribution in [2.24, 2.45) is 5.73 Å². The number of esters is 2. The van der Waals surface area contributed by atoms with Crippen molar-refractivity contribution in [1.29, 1.82) is 0 Å². The largest absolute Gasteiger partial charge is 0.459 e. The summed E-state index contributed by atoms with van der Waals surface area (Å²) in [5.74, 6) is -0.476. The van der Waals surface area contributed by atoms with E-state index in [2.05, 4.69) is 14.7 Å². The number of fused-ring (bicyclic) bond motifs is 2. The number of carbonyl (C=O) groups excluding carboxylic acids is 2. The third kappa shape index (κ3) is 12.5. The summed E-state index contributed by atoms with van der Waals surface area (Å²) in [6, 6.07) is 5.93. The maximum Gasteiger partial charge on any atom is 0.320 e. The summed E-state index contributed by atoms with van der Waals surface area (Å²) in [4.78, 5) is 36.5. The fourth-order valence-electron chi connectivity index (χ4n) is 3.92. The molecule has 0 aliphatic carbocycles. The monoisotopic (exact) mass is 491 g/mol. The van der Waals surface area contributed by atoms with E-state index < -0.39 is 11.2 Å². The van der Waals surface area contributed by atoms with Gasteiger partial charge in [-0.05, 0) is 73.2 Å². The molecule has 0 radical (unpaired) electrons. The van der Waals surface area contributed by atoms with Gasteiger partial charge in [-0.15, -0.1) is 0 Å². The molecule has 1 aromatic rings. The molecule has 1 aliphatic rings. The molecule has 0 spiro atoms. The van der Waals surface area contributed by atoms with Crippen LogP contribution in [-0.2, 0) is 32.2 Å². The molecule has 9 nitrogen and oxygen atoms in total. The Bertz CT molecular complexity index is 759. The number of nitrogens with two attached hydrogens (primary N) is 1. The molecule has 1 aliphatic heterocycles. The number of carbonyl (C=O) groups is 2. The number of hydrogen-bond donors (Lipinski definition) is 1. The highest BCUT2D eigenvalue weighted by molar-refractivity contribution is 5.72. The van der Waals surface area contributed by atoms with Crippen LogP contribution in [0.1, 0.15) is 59.4 Å². The highest BCUT2D eigenvalue weighted by atomic mass is 16.6. The van der Waals surface area contributed by atoms with Crippen molar-refractivity contribution in [2.45, 2.75) is 72.3 Å². The Labute approximate surface area is 210 Å². The van der Waals surface area contributed by atoms with Gasteiger partial charge in [-0.1, -0.05) is 6.07 Å². The van der Waals surface area contributed by atoms with E-state index in [1.54, 1.807) is 0 Å². The third-order valence-electron chi connectivity index (χ3n) is 5.32. The molecule has 0 atom stereocenters. The molecule has 0 fully saturated rings. The minimum Gasteiger partial charge on any atom is -0.459 e. The molecular weight excluding hydrogens is 446 g/mol. The van der Waals surface area contributed by atoms with Crippen molar-refractivity contribution in [1.82, 2.24) is 19.7 Å². The van der Waals surface area contributed by atoms with Crippen molar-refractivity contribution in [3.8, 4) is 0 Å². The van der Waals surface area contributed by atoms with Crippen LogP contribution in [0.3, 0.4) is 0 Å². The van der Waals surface area contributed by atoms with E-state index in [4.69, 9.17) is 20.2 Å². The van der Waals surface area contributed by atoms with Gasteiger partial charge in [0.05, 0.1) is 24.5 Å². The van der Waals surface area contributed by atoms with Crippen LogP contribution >= 0.6 is 0 Å². The topological polar surface area (TPSA) is 101 Å². The van der Waals surface area contributed by atoms with Crippen LogP contribution in [0.5, 0.6) is 0 Å². The first-order valence-electron chi connectivity index (χ1n) is 12.6. The Kier molecular flexibility index (Phi) is 11.1. The molecule has 2 N–H and O–H groups in total. The molecule has 0 saturated heterocycles. The van der Waals surface area contributed by atoms with Crippen molar-refractivity contribution in [3.05, 3.63) is 29.6 Å². The average Bonchev–Trinajstić information content (AvgIpc) is 2.69. The summed E-state index contributed by atoms with van der Waals surface area (Å²) in [6.45, 7) is 17.2. The van der Waals surface area contributed by atoms with Crippen molar-refractivity contribution < 1.29 is 19.1 Å². The van der Waals surface area contributed by atoms with Gasteiger partial charge in [-0.25, -0.2) is 0 Å². The van der Waals surface area contributed by atoms with Crippen LogP contribution in [0.15, 0.2) is 18.2 Å². The molecule has 35 heavy (non-hydrogen) atoms. The minimum absolute atomic E-state index is 0.207. The average molecular weight is 492 g/mol. The van der Waals surface area contributed by atoms with Crippen molar-refractivity contribution in [2.75, 3.05) is 52.4 Å². The quantitative estimate of drug-likeness (QED) is 0.574. The van der Waals surface area contributed by atoms with E-state index in [-0.39, 0.29) is 25.0 Å². The predicted molar refractivity (Wildman–Crippen MR) is 137 cm³/mol. The number of rotatable bonds is 7. The maximum atomic E-state index is 12.6. The van der Waals surface area contributed by atoms with Gasteiger partial charge in [0.2, 0.25) is 0 Å². The van der Waals surface area contributed by atoms with Gasteiger partial charge >= 0.3 is 11.9 Å². The second kappa shape index (κ2) is 13.3. The lowest BCUT2D eigenvalue weighted by molar-refractivity contribution is -0.157. The lowest BCUT2D eigenvalue weighted by Gasteiger charge is -2.31. The smallest absolute Gasteiger partial charge is 0.320 e. The van der Waals surface area contributed by atoms with Crippen LogP contribution in [0, 0.1) is 0 Å². The molecule has 0 saturated carbocycles. The van der Waals surface area contributed by atoms with E-state index in [9.17, 15) is 9.59 Å². The Morgan fingerprint density at radius 1 is 0.829 bits per heavy atom. The second-order valence-corrected chi connectivity index (χ2v) is 11.2. The molecule has 0 aromatic carbocycles. The van der Waals surface area contributed by atoms with Gasteiger partial charge in [0.15, 0.2) is 0 Å². The Morgan fingerprint density at radius 2 is 1.26 bits per heavy atom. The molecule has 0 amide bonds. The van der Waals surface area contributed by atoms with E-state index >= 15 is 0 Å². The summed E-state index contributed by atoms with van der Waals surface area (Å²) in [5, 5.41) is 0. The molecule has 2 bridgehead atoms. The molecular formula is C26H45N5O4. The van der Waals surface area contributed by atoms with Gasteiger partial charge in [0.1, 0.15) is 11.2 Å². The van der Waals surface area contributed by atoms with Crippen molar-refractivity contribution in [3.63, 3.8) is 0 Å². The van der Waals surface area contributed by atoms with Crippen LogP contribution < -0.4 is 5.73 Å². The zero-order chi connectivity index (χ0) is 26.1. The zero-order valence-electron chi connectivity index (χ0n) is 22.5. The highest BCUT2D eigenvalue weighted by Crippen LogP contribution is 2.13. The fraction of sp³-hybridized carbons (Fsp3) is 0.731. The number of ether oxygens (including phenoxy) is 2. The van der Waals surface area contributed by atoms with E-state index in [1.807, 2.05) is 59.7 Å². The first-order chi connectivity index (χ1) is 16.3. The number of nitrogens with zero attached hydrogens (tertiary/aromatic N) is 4. The molecule has 2 rings (SSSR count). The van der Waals surface area contributed by atoms with Gasteiger partial charge < -0.3 is 20.1 Å². The predicted octanol–water partition coefficient (Wildman–Crippen LogP) is 2.03. The first kappa shape index (κ1) is 29.2. The van der Waals surface area contributed by atoms with E-state index in [1.165, 1.54) is 0 Å². The van der Waals surface area contributed by atoms with Crippen LogP contribution in [0.2, 0.25) is 0 Å². The Hall–Kier alpha value is -2.07.